The van der Waals surface area contributed by atoms with Crippen LogP contribution in [0.3, 0.4) is 0 Å². The average molecular weight is 394 g/mol. The molecular formula is C20H25ClFN3O2. The maximum atomic E-state index is 13.6. The van der Waals surface area contributed by atoms with Gasteiger partial charge in [0.05, 0.1) is 18.8 Å². The molecule has 0 aliphatic carbocycles. The first kappa shape index (κ1) is 21.2. The van der Waals surface area contributed by atoms with E-state index < -0.39 is 0 Å². The minimum atomic E-state index is -0.261. The number of piperazine rings is 1. The molecule has 1 aliphatic rings. The molecule has 1 amide bonds. The lowest BCUT2D eigenvalue weighted by molar-refractivity contribution is -0.118. The van der Waals surface area contributed by atoms with Gasteiger partial charge in [-0.05, 0) is 36.8 Å². The Bertz CT molecular complexity index is 760. The van der Waals surface area contributed by atoms with Crippen molar-refractivity contribution in [2.45, 2.75) is 13.0 Å². The van der Waals surface area contributed by atoms with Crippen LogP contribution in [0.4, 0.5) is 10.1 Å². The van der Waals surface area contributed by atoms with Crippen LogP contribution >= 0.6 is 12.4 Å². The van der Waals surface area contributed by atoms with Crippen LogP contribution in [-0.2, 0) is 4.79 Å². The summed E-state index contributed by atoms with van der Waals surface area (Å²) in [6.45, 7) is 4.89. The van der Waals surface area contributed by atoms with E-state index in [1.54, 1.807) is 6.07 Å². The number of rotatable bonds is 6. The number of halogens is 2. The van der Waals surface area contributed by atoms with E-state index in [0.29, 0.717) is 24.6 Å². The minimum absolute atomic E-state index is 0. The number of anilines is 1. The summed E-state index contributed by atoms with van der Waals surface area (Å²) < 4.78 is 19.1. The molecule has 1 heterocycles. The summed E-state index contributed by atoms with van der Waals surface area (Å²) in [6.07, 6.45) is 0. The second-order valence-electron chi connectivity index (χ2n) is 6.22. The zero-order valence-electron chi connectivity index (χ0n) is 15.3. The Morgan fingerprint density at radius 2 is 2.11 bits per heavy atom. The number of benzene rings is 2. The lowest BCUT2D eigenvalue weighted by Crippen LogP contribution is -2.48. The van der Waals surface area contributed by atoms with Crippen molar-refractivity contribution in [3.8, 4) is 5.75 Å². The molecule has 2 aromatic carbocycles. The first-order valence-electron chi connectivity index (χ1n) is 8.89. The van der Waals surface area contributed by atoms with Crippen molar-refractivity contribution < 1.29 is 13.9 Å². The van der Waals surface area contributed by atoms with Crippen LogP contribution in [-0.4, -0.2) is 43.6 Å². The molecule has 1 unspecified atom stereocenters. The van der Waals surface area contributed by atoms with Gasteiger partial charge in [-0.15, -0.1) is 12.4 Å². The topological polar surface area (TPSA) is 53.6 Å². The van der Waals surface area contributed by atoms with Crippen LogP contribution < -0.4 is 15.4 Å². The standard InChI is InChI=1S/C20H24FN3O2.ClH/c1-2-26-19-9-4-3-8-17(19)23-20(25)14-24-11-10-22-13-18(24)15-6-5-7-16(21)12-15;/h3-9,12,18,22H,2,10-11,13-14H2,1H3,(H,23,25);1H. The molecule has 27 heavy (non-hydrogen) atoms. The predicted molar refractivity (Wildman–Crippen MR) is 107 cm³/mol. The number of para-hydroxylation sites is 2. The lowest BCUT2D eigenvalue weighted by Gasteiger charge is -2.36. The normalized spacial score (nSPS) is 17.0. The Kier molecular flexibility index (Phi) is 8.03. The van der Waals surface area contributed by atoms with Gasteiger partial charge in [0, 0.05) is 25.7 Å². The quantitative estimate of drug-likeness (QED) is 0.791. The van der Waals surface area contributed by atoms with Crippen molar-refractivity contribution >= 4 is 24.0 Å². The highest BCUT2D eigenvalue weighted by Gasteiger charge is 2.26. The number of nitrogens with zero attached hydrogens (tertiary/aromatic N) is 1. The van der Waals surface area contributed by atoms with Crippen molar-refractivity contribution in [1.29, 1.82) is 0 Å². The Hall–Kier alpha value is -2.15. The van der Waals surface area contributed by atoms with E-state index in [-0.39, 0.29) is 36.7 Å². The lowest BCUT2D eigenvalue weighted by atomic mass is 10.0. The van der Waals surface area contributed by atoms with Crippen LogP contribution in [0.25, 0.3) is 0 Å². The molecule has 2 N–H and O–H groups in total. The molecule has 1 aliphatic heterocycles. The first-order valence-corrected chi connectivity index (χ1v) is 8.89. The molecular weight excluding hydrogens is 369 g/mol. The molecule has 1 fully saturated rings. The summed E-state index contributed by atoms with van der Waals surface area (Å²) in [4.78, 5) is 14.7. The molecule has 0 radical (unpaired) electrons. The fraction of sp³-hybridized carbons (Fsp3) is 0.350. The van der Waals surface area contributed by atoms with Crippen molar-refractivity contribution in [3.63, 3.8) is 0 Å². The zero-order valence-corrected chi connectivity index (χ0v) is 16.1. The van der Waals surface area contributed by atoms with Crippen LogP contribution in [0.5, 0.6) is 5.75 Å². The molecule has 0 spiro atoms. The minimum Gasteiger partial charge on any atom is -0.492 e. The van der Waals surface area contributed by atoms with Gasteiger partial charge >= 0.3 is 0 Å². The zero-order chi connectivity index (χ0) is 18.4. The summed E-state index contributed by atoms with van der Waals surface area (Å²) in [5, 5.41) is 6.24. The van der Waals surface area contributed by atoms with Gasteiger partial charge in [0.25, 0.3) is 0 Å². The third-order valence-corrected chi connectivity index (χ3v) is 4.40. The number of carbonyl (C=O) groups is 1. The Labute approximate surface area is 165 Å². The van der Waals surface area contributed by atoms with Gasteiger partial charge in [-0.25, -0.2) is 4.39 Å². The van der Waals surface area contributed by atoms with Crippen LogP contribution in [0.1, 0.15) is 18.5 Å². The molecule has 0 aromatic heterocycles. The highest BCUT2D eigenvalue weighted by molar-refractivity contribution is 5.93. The van der Waals surface area contributed by atoms with Gasteiger partial charge in [-0.2, -0.15) is 0 Å². The molecule has 2 aromatic rings. The number of nitrogens with one attached hydrogen (secondary N) is 2. The van der Waals surface area contributed by atoms with E-state index in [1.807, 2.05) is 37.3 Å². The van der Waals surface area contributed by atoms with Crippen LogP contribution in [0.2, 0.25) is 0 Å². The Morgan fingerprint density at radius 1 is 1.30 bits per heavy atom. The number of ether oxygens (including phenoxy) is 1. The third-order valence-electron chi connectivity index (χ3n) is 4.40. The molecule has 1 saturated heterocycles. The summed E-state index contributed by atoms with van der Waals surface area (Å²) >= 11 is 0. The summed E-state index contributed by atoms with van der Waals surface area (Å²) in [6, 6.07) is 13.9. The monoisotopic (exact) mass is 393 g/mol. The Balaban J connectivity index is 0.00000261. The van der Waals surface area contributed by atoms with E-state index in [9.17, 15) is 9.18 Å². The maximum absolute atomic E-state index is 13.6. The summed E-state index contributed by atoms with van der Waals surface area (Å²) in [5.41, 5.74) is 1.54. The van der Waals surface area contributed by atoms with E-state index in [1.165, 1.54) is 12.1 Å². The van der Waals surface area contributed by atoms with Gasteiger partial charge in [0.1, 0.15) is 11.6 Å². The molecule has 146 valence electrons. The number of hydrogen-bond acceptors (Lipinski definition) is 4. The number of hydrogen-bond donors (Lipinski definition) is 2. The molecule has 1 atom stereocenters. The van der Waals surface area contributed by atoms with Gasteiger partial charge in [0.15, 0.2) is 0 Å². The smallest absolute Gasteiger partial charge is 0.238 e. The number of carbonyl (C=O) groups excluding carboxylic acids is 1. The van der Waals surface area contributed by atoms with Crippen LogP contribution in [0, 0.1) is 5.82 Å². The van der Waals surface area contributed by atoms with Crippen LogP contribution in [0.15, 0.2) is 48.5 Å². The molecule has 0 bridgehead atoms. The molecule has 5 nitrogen and oxygen atoms in total. The maximum Gasteiger partial charge on any atom is 0.238 e. The highest BCUT2D eigenvalue weighted by atomic mass is 35.5. The molecule has 0 saturated carbocycles. The fourth-order valence-corrected chi connectivity index (χ4v) is 3.20. The summed E-state index contributed by atoms with van der Waals surface area (Å²) in [5.74, 6) is 0.286. The molecule has 7 heteroatoms. The van der Waals surface area contributed by atoms with Gasteiger partial charge in [-0.3, -0.25) is 9.69 Å². The third kappa shape index (κ3) is 5.66. The predicted octanol–water partition coefficient (Wildman–Crippen LogP) is 3.23. The van der Waals surface area contributed by atoms with E-state index in [4.69, 9.17) is 4.74 Å². The van der Waals surface area contributed by atoms with E-state index >= 15 is 0 Å². The summed E-state index contributed by atoms with van der Waals surface area (Å²) in [7, 11) is 0. The fourth-order valence-electron chi connectivity index (χ4n) is 3.20. The van der Waals surface area contributed by atoms with E-state index in [2.05, 4.69) is 15.5 Å². The largest absolute Gasteiger partial charge is 0.492 e. The van der Waals surface area contributed by atoms with Gasteiger partial charge in [0.2, 0.25) is 5.91 Å². The highest BCUT2D eigenvalue weighted by Crippen LogP contribution is 2.25. The SMILES string of the molecule is CCOc1ccccc1NC(=O)CN1CCNCC1c1cccc(F)c1.Cl. The first-order chi connectivity index (χ1) is 12.7. The van der Waals surface area contributed by atoms with Crippen molar-refractivity contribution in [3.05, 3.63) is 59.9 Å². The second-order valence-corrected chi connectivity index (χ2v) is 6.22. The van der Waals surface area contributed by atoms with Gasteiger partial charge in [-0.1, -0.05) is 24.3 Å². The van der Waals surface area contributed by atoms with Crippen molar-refractivity contribution in [2.75, 3.05) is 38.1 Å². The van der Waals surface area contributed by atoms with Crippen molar-refractivity contribution in [1.82, 2.24) is 10.2 Å². The van der Waals surface area contributed by atoms with E-state index in [0.717, 1.165) is 18.7 Å². The Morgan fingerprint density at radius 3 is 2.89 bits per heavy atom. The second kappa shape index (κ2) is 10.3. The molecule has 3 rings (SSSR count). The van der Waals surface area contributed by atoms with Crippen molar-refractivity contribution in [2.24, 2.45) is 0 Å². The van der Waals surface area contributed by atoms with Gasteiger partial charge < -0.3 is 15.4 Å². The average Bonchev–Trinajstić information content (AvgIpc) is 2.64. The number of amides is 1.